The molecule has 0 saturated heterocycles. The quantitative estimate of drug-likeness (QED) is 0.109. The second kappa shape index (κ2) is 13.8. The molecule has 1 aliphatic rings. The Morgan fingerprint density at radius 3 is 2.36 bits per heavy atom. The monoisotopic (exact) mass is 602 g/mol. The lowest BCUT2D eigenvalue weighted by atomic mass is 9.83. The van der Waals surface area contributed by atoms with Gasteiger partial charge in [-0.2, -0.15) is 0 Å². The molecule has 224 valence electrons. The molecule has 5 rings (SSSR count). The van der Waals surface area contributed by atoms with Gasteiger partial charge in [0.25, 0.3) is 0 Å². The average molecular weight is 603 g/mol. The van der Waals surface area contributed by atoms with E-state index in [1.807, 2.05) is 61.7 Å². The molecule has 3 nitrogen and oxygen atoms in total. The highest BCUT2D eigenvalue weighted by Crippen LogP contribution is 2.53. The van der Waals surface area contributed by atoms with Gasteiger partial charge in [-0.3, -0.25) is 14.2 Å². The predicted molar refractivity (Wildman–Crippen MR) is 187 cm³/mol. The first-order valence-electron chi connectivity index (χ1n) is 14.5. The Bertz CT molecular complexity index is 1790. The van der Waals surface area contributed by atoms with E-state index >= 15 is 0 Å². The van der Waals surface area contributed by atoms with Gasteiger partial charge < -0.3 is 4.90 Å². The van der Waals surface area contributed by atoms with Crippen LogP contribution < -0.4 is 4.90 Å². The average Bonchev–Trinajstić information content (AvgIpc) is 3.55. The standard InChI is InChI=1S/C38H36N2OS.CH3F/c1-8-10-14-29(9-2)40(30-15-12-11-13-16-30)31-21-34-36(39-23-31)37-35(38(34,6)7)22-32(42-37)20-28(24-41)27(5)33-18-17-25(3)19-26(33)4;1-2/h8-24H,2,5H2,1,3-4,6-7H3;1H3/b10-8-,28-20-,29-14+;. The van der Waals surface area contributed by atoms with Crippen LogP contribution in [0.5, 0.6) is 0 Å². The molecule has 0 unspecified atom stereocenters. The van der Waals surface area contributed by atoms with Crippen molar-refractivity contribution in [1.82, 2.24) is 4.98 Å². The van der Waals surface area contributed by atoms with Crippen molar-refractivity contribution in [3.05, 3.63) is 148 Å². The third-order valence-electron chi connectivity index (χ3n) is 7.87. The number of allylic oxidation sites excluding steroid dienone is 6. The molecule has 0 fully saturated rings. The number of aromatic nitrogens is 1. The first-order chi connectivity index (χ1) is 21.2. The summed E-state index contributed by atoms with van der Waals surface area (Å²) < 4.78 is 9.50. The van der Waals surface area contributed by atoms with Crippen molar-refractivity contribution in [2.75, 3.05) is 12.1 Å². The highest BCUT2D eigenvalue weighted by molar-refractivity contribution is 7.16. The molecule has 0 saturated carbocycles. The van der Waals surface area contributed by atoms with Crippen molar-refractivity contribution in [3.8, 4) is 10.6 Å². The Kier molecular flexibility index (Phi) is 10.1. The van der Waals surface area contributed by atoms with Gasteiger partial charge in [-0.25, -0.2) is 0 Å². The van der Waals surface area contributed by atoms with Crippen molar-refractivity contribution < 1.29 is 9.18 Å². The summed E-state index contributed by atoms with van der Waals surface area (Å²) in [5.41, 5.74) is 10.7. The number of benzene rings is 2. The molecular formula is C39H39FN2OS. The number of hydrogen-bond donors (Lipinski definition) is 0. The molecule has 2 aromatic heterocycles. The molecule has 2 aromatic carbocycles. The maximum atomic E-state index is 12.2. The summed E-state index contributed by atoms with van der Waals surface area (Å²) in [5, 5.41) is 0. The van der Waals surface area contributed by atoms with Gasteiger partial charge >= 0.3 is 0 Å². The first-order valence-corrected chi connectivity index (χ1v) is 15.3. The zero-order valence-electron chi connectivity index (χ0n) is 26.3. The van der Waals surface area contributed by atoms with Crippen molar-refractivity contribution in [3.63, 3.8) is 0 Å². The van der Waals surface area contributed by atoms with Crippen LogP contribution >= 0.6 is 11.3 Å². The lowest BCUT2D eigenvalue weighted by Gasteiger charge is -2.28. The molecule has 0 radical (unpaired) electrons. The Balaban J connectivity index is 0.00000216. The second-order valence-electron chi connectivity index (χ2n) is 11.1. The van der Waals surface area contributed by atoms with Crippen LogP contribution in [-0.2, 0) is 10.2 Å². The molecule has 0 amide bonds. The van der Waals surface area contributed by atoms with E-state index in [9.17, 15) is 9.18 Å². The normalized spacial score (nSPS) is 13.5. The van der Waals surface area contributed by atoms with Crippen LogP contribution in [0.15, 0.2) is 116 Å². The minimum absolute atomic E-state index is 0.258. The highest BCUT2D eigenvalue weighted by atomic mass is 32.1. The van der Waals surface area contributed by atoms with Crippen LogP contribution in [0.2, 0.25) is 0 Å². The van der Waals surface area contributed by atoms with Crippen LogP contribution in [0.3, 0.4) is 0 Å². The van der Waals surface area contributed by atoms with E-state index < -0.39 is 0 Å². The topological polar surface area (TPSA) is 33.2 Å². The SMILES string of the molecule is C=C/C(=C\C=C/C)N(c1ccccc1)c1cnc2c(c1)C(C)(C)c1cc(/C=C(/C=O)C(=C)c3ccc(C)cc3C)sc1-2.CF. The number of halogens is 1. The maximum absolute atomic E-state index is 12.2. The fourth-order valence-electron chi connectivity index (χ4n) is 5.61. The Morgan fingerprint density at radius 1 is 1.00 bits per heavy atom. The predicted octanol–water partition coefficient (Wildman–Crippen LogP) is 10.7. The smallest absolute Gasteiger partial charge is 0.150 e. The molecule has 0 bridgehead atoms. The Morgan fingerprint density at radius 2 is 1.73 bits per heavy atom. The molecule has 5 heteroatoms. The number of alkyl halides is 1. The molecule has 0 aliphatic heterocycles. The number of hydrogen-bond acceptors (Lipinski definition) is 4. The summed E-state index contributed by atoms with van der Waals surface area (Å²) in [6, 6.07) is 21.0. The fourth-order valence-corrected chi connectivity index (χ4v) is 6.89. The van der Waals surface area contributed by atoms with Gasteiger partial charge in [0.2, 0.25) is 0 Å². The van der Waals surface area contributed by atoms with E-state index in [4.69, 9.17) is 4.98 Å². The summed E-state index contributed by atoms with van der Waals surface area (Å²) in [6.45, 7) is 19.0. The third kappa shape index (κ3) is 6.20. The van der Waals surface area contributed by atoms with Gasteiger partial charge in [0.1, 0.15) is 0 Å². The molecule has 0 atom stereocenters. The zero-order valence-corrected chi connectivity index (χ0v) is 27.1. The molecule has 0 spiro atoms. The summed E-state index contributed by atoms with van der Waals surface area (Å²) in [6.07, 6.45) is 12.8. The minimum atomic E-state index is -0.258. The van der Waals surface area contributed by atoms with Crippen LogP contribution in [0.25, 0.3) is 22.2 Å². The summed E-state index contributed by atoms with van der Waals surface area (Å²) in [5.74, 6) is 0. The summed E-state index contributed by atoms with van der Waals surface area (Å²) in [4.78, 5) is 21.6. The van der Waals surface area contributed by atoms with E-state index in [2.05, 4.69) is 88.2 Å². The van der Waals surface area contributed by atoms with Crippen molar-refractivity contribution >= 4 is 40.6 Å². The van der Waals surface area contributed by atoms with E-state index in [0.717, 1.165) is 55.5 Å². The first kappa shape index (κ1) is 32.3. The van der Waals surface area contributed by atoms with Crippen molar-refractivity contribution in [2.45, 2.75) is 40.0 Å². The Labute approximate surface area is 265 Å². The van der Waals surface area contributed by atoms with Crippen molar-refractivity contribution in [2.24, 2.45) is 0 Å². The van der Waals surface area contributed by atoms with E-state index in [-0.39, 0.29) is 5.41 Å². The van der Waals surface area contributed by atoms with Gasteiger partial charge in [-0.05, 0) is 91.1 Å². The molecular weight excluding hydrogens is 564 g/mol. The van der Waals surface area contributed by atoms with E-state index in [1.54, 1.807) is 11.3 Å². The molecule has 1 aliphatic carbocycles. The lowest BCUT2D eigenvalue weighted by Crippen LogP contribution is -2.18. The number of carbonyl (C=O) groups is 1. The third-order valence-corrected chi connectivity index (χ3v) is 8.95. The van der Waals surface area contributed by atoms with Gasteiger partial charge in [0.05, 0.1) is 29.6 Å². The van der Waals surface area contributed by atoms with E-state index in [0.29, 0.717) is 12.8 Å². The van der Waals surface area contributed by atoms with Crippen molar-refractivity contribution in [1.29, 1.82) is 0 Å². The van der Waals surface area contributed by atoms with Crippen LogP contribution in [0, 0.1) is 13.8 Å². The second-order valence-corrected chi connectivity index (χ2v) is 12.2. The summed E-state index contributed by atoms with van der Waals surface area (Å²) in [7, 11) is 0.500. The van der Waals surface area contributed by atoms with Crippen LogP contribution in [0.4, 0.5) is 15.8 Å². The number of carbonyl (C=O) groups excluding carboxylic acids is 1. The molecule has 0 N–H and O–H groups in total. The van der Waals surface area contributed by atoms with Crippen LogP contribution in [-0.4, -0.2) is 18.4 Å². The highest BCUT2D eigenvalue weighted by Gasteiger charge is 2.39. The van der Waals surface area contributed by atoms with Gasteiger partial charge in [0, 0.05) is 27.2 Å². The maximum Gasteiger partial charge on any atom is 0.150 e. The molecule has 4 aromatic rings. The van der Waals surface area contributed by atoms with Gasteiger partial charge in [0.15, 0.2) is 6.29 Å². The minimum Gasteiger partial charge on any atom is -0.309 e. The number of para-hydroxylation sites is 1. The number of pyridine rings is 1. The number of fused-ring (bicyclic) bond motifs is 3. The number of nitrogens with zero attached hydrogens (tertiary/aromatic N) is 2. The van der Waals surface area contributed by atoms with Gasteiger partial charge in [-0.1, -0.05) is 81.1 Å². The fraction of sp³-hybridized carbons (Fsp3) is 0.179. The Hall–Kier alpha value is -4.61. The zero-order chi connectivity index (χ0) is 32.0. The van der Waals surface area contributed by atoms with Gasteiger partial charge in [-0.15, -0.1) is 11.3 Å². The number of aldehydes is 1. The summed E-state index contributed by atoms with van der Waals surface area (Å²) >= 11 is 1.67. The molecule has 44 heavy (non-hydrogen) atoms. The number of rotatable bonds is 9. The van der Waals surface area contributed by atoms with Crippen LogP contribution in [0.1, 0.15) is 53.5 Å². The number of thiophene rings is 1. The lowest BCUT2D eigenvalue weighted by molar-refractivity contribution is -0.104. The number of anilines is 2. The molecule has 2 heterocycles. The largest absolute Gasteiger partial charge is 0.309 e. The van der Waals surface area contributed by atoms with E-state index in [1.165, 1.54) is 16.7 Å². The number of aryl methyl sites for hydroxylation is 2.